The van der Waals surface area contributed by atoms with Gasteiger partial charge in [-0.2, -0.15) is 0 Å². The fourth-order valence-electron chi connectivity index (χ4n) is 1.31. The van der Waals surface area contributed by atoms with Gasteiger partial charge in [-0.05, 0) is 34.1 Å². The Hall–Kier alpha value is -0.700. The summed E-state index contributed by atoms with van der Waals surface area (Å²) < 4.78 is 1.25. The number of halogens is 1. The molecule has 0 radical (unpaired) electrons. The molecule has 1 aromatic rings. The van der Waals surface area contributed by atoms with E-state index < -0.39 is 12.5 Å². The van der Waals surface area contributed by atoms with E-state index in [0.717, 1.165) is 25.3 Å². The average Bonchev–Trinajstić information content (AvgIpc) is 2.78. The van der Waals surface area contributed by atoms with Crippen molar-refractivity contribution < 1.29 is 14.7 Å². The van der Waals surface area contributed by atoms with Crippen molar-refractivity contribution in [2.45, 2.75) is 0 Å². The van der Waals surface area contributed by atoms with Crippen LogP contribution in [0.25, 0.3) is 6.08 Å². The first-order valence-electron chi connectivity index (χ1n) is 4.70. The van der Waals surface area contributed by atoms with E-state index in [1.54, 1.807) is 6.08 Å². The largest absolute Gasteiger partial charge is 0.480 e. The van der Waals surface area contributed by atoms with Crippen LogP contribution in [0.1, 0.15) is 4.88 Å². The van der Waals surface area contributed by atoms with Crippen LogP contribution >= 0.6 is 51.2 Å². The Labute approximate surface area is 125 Å². The highest BCUT2D eigenvalue weighted by Gasteiger charge is 2.33. The number of carboxylic acid groups (broad SMARTS) is 1. The third kappa shape index (κ3) is 3.00. The van der Waals surface area contributed by atoms with Gasteiger partial charge >= 0.3 is 5.97 Å². The molecule has 1 saturated heterocycles. The molecule has 0 aromatic carbocycles. The zero-order valence-electron chi connectivity index (χ0n) is 8.75. The van der Waals surface area contributed by atoms with E-state index in [1.807, 2.05) is 12.1 Å². The van der Waals surface area contributed by atoms with Gasteiger partial charge in [-0.15, -0.1) is 11.3 Å². The summed E-state index contributed by atoms with van der Waals surface area (Å²) in [5.41, 5.74) is 0. The second-order valence-electron chi connectivity index (χ2n) is 3.30. The maximum atomic E-state index is 11.9. The number of carbonyl (C=O) groups is 2. The predicted octanol–water partition coefficient (Wildman–Crippen LogP) is 2.80. The fourth-order valence-corrected chi connectivity index (χ4v) is 3.99. The Kier molecular flexibility index (Phi) is 4.21. The molecular formula is C10H6BrNO3S3. The highest BCUT2D eigenvalue weighted by atomic mass is 79.9. The van der Waals surface area contributed by atoms with E-state index in [4.69, 9.17) is 17.3 Å². The summed E-state index contributed by atoms with van der Waals surface area (Å²) >= 11 is 10.9. The van der Waals surface area contributed by atoms with Gasteiger partial charge in [0.1, 0.15) is 10.9 Å². The zero-order chi connectivity index (χ0) is 13.3. The first-order valence-corrected chi connectivity index (χ1v) is 7.53. The van der Waals surface area contributed by atoms with Crippen molar-refractivity contribution in [3.8, 4) is 0 Å². The minimum Gasteiger partial charge on any atom is -0.480 e. The Morgan fingerprint density at radius 1 is 1.56 bits per heavy atom. The highest BCUT2D eigenvalue weighted by molar-refractivity contribution is 9.11. The summed E-state index contributed by atoms with van der Waals surface area (Å²) in [6.45, 7) is -0.393. The summed E-state index contributed by atoms with van der Waals surface area (Å²) in [5, 5.41) is 8.70. The van der Waals surface area contributed by atoms with Crippen LogP contribution < -0.4 is 0 Å². The molecule has 1 amide bonds. The lowest BCUT2D eigenvalue weighted by atomic mass is 10.4. The lowest BCUT2D eigenvalue weighted by molar-refractivity contribution is -0.140. The van der Waals surface area contributed by atoms with Crippen molar-refractivity contribution in [1.82, 2.24) is 4.90 Å². The van der Waals surface area contributed by atoms with Gasteiger partial charge in [0.2, 0.25) is 0 Å². The number of thioether (sulfide) groups is 1. The van der Waals surface area contributed by atoms with Crippen molar-refractivity contribution in [2.75, 3.05) is 6.54 Å². The molecule has 0 saturated carbocycles. The average molecular weight is 364 g/mol. The molecule has 2 heterocycles. The number of rotatable bonds is 3. The Morgan fingerprint density at radius 3 is 2.83 bits per heavy atom. The molecule has 1 aromatic heterocycles. The molecule has 0 unspecified atom stereocenters. The lowest BCUT2D eigenvalue weighted by Gasteiger charge is -2.09. The van der Waals surface area contributed by atoms with E-state index in [9.17, 15) is 9.59 Å². The Bertz CT molecular complexity index is 566. The van der Waals surface area contributed by atoms with Crippen LogP contribution in [0.2, 0.25) is 0 Å². The molecule has 1 aliphatic heterocycles. The molecule has 0 aliphatic carbocycles. The van der Waals surface area contributed by atoms with Crippen molar-refractivity contribution in [3.05, 3.63) is 25.7 Å². The van der Waals surface area contributed by atoms with Gasteiger partial charge in [-0.3, -0.25) is 14.5 Å². The van der Waals surface area contributed by atoms with Crippen molar-refractivity contribution in [1.29, 1.82) is 0 Å². The van der Waals surface area contributed by atoms with E-state index in [1.165, 1.54) is 11.3 Å². The van der Waals surface area contributed by atoms with Crippen LogP contribution in [-0.4, -0.2) is 32.7 Å². The smallest absolute Gasteiger partial charge is 0.323 e. The van der Waals surface area contributed by atoms with Gasteiger partial charge in [0.25, 0.3) is 5.91 Å². The van der Waals surface area contributed by atoms with Gasteiger partial charge in [0, 0.05) is 4.88 Å². The molecule has 1 fully saturated rings. The zero-order valence-corrected chi connectivity index (χ0v) is 12.8. The summed E-state index contributed by atoms with van der Waals surface area (Å²) in [4.78, 5) is 25.0. The molecule has 4 nitrogen and oxygen atoms in total. The van der Waals surface area contributed by atoms with Crippen molar-refractivity contribution in [2.24, 2.45) is 0 Å². The van der Waals surface area contributed by atoms with Crippen LogP contribution in [0.5, 0.6) is 0 Å². The van der Waals surface area contributed by atoms with Gasteiger partial charge in [0.05, 0.1) is 8.69 Å². The predicted molar refractivity (Wildman–Crippen MR) is 79.5 cm³/mol. The number of thiophene rings is 1. The number of hydrogen-bond donors (Lipinski definition) is 1. The van der Waals surface area contributed by atoms with Gasteiger partial charge < -0.3 is 5.11 Å². The number of hydrogen-bond acceptors (Lipinski definition) is 5. The van der Waals surface area contributed by atoms with Crippen molar-refractivity contribution >= 4 is 73.5 Å². The first-order chi connectivity index (χ1) is 8.47. The molecule has 8 heteroatoms. The van der Waals surface area contributed by atoms with Crippen LogP contribution in [-0.2, 0) is 9.59 Å². The number of aliphatic carboxylic acids is 1. The van der Waals surface area contributed by atoms with Crippen molar-refractivity contribution in [3.63, 3.8) is 0 Å². The number of thiocarbonyl (C=S) groups is 1. The quantitative estimate of drug-likeness (QED) is 0.660. The van der Waals surface area contributed by atoms with Gasteiger partial charge in [-0.25, -0.2) is 0 Å². The fraction of sp³-hybridized carbons (Fsp3) is 0.100. The molecule has 94 valence electrons. The first kappa shape index (κ1) is 13.7. The normalized spacial score (nSPS) is 17.8. The van der Waals surface area contributed by atoms with Crippen LogP contribution in [0, 0.1) is 0 Å². The van der Waals surface area contributed by atoms with Crippen LogP contribution in [0.4, 0.5) is 0 Å². The second-order valence-corrected chi connectivity index (χ2v) is 7.47. The molecule has 1 aliphatic rings. The number of nitrogens with zero attached hydrogens (tertiary/aromatic N) is 1. The van der Waals surface area contributed by atoms with E-state index in [-0.39, 0.29) is 10.2 Å². The molecular weight excluding hydrogens is 358 g/mol. The van der Waals surface area contributed by atoms with E-state index >= 15 is 0 Å². The Morgan fingerprint density at radius 2 is 2.28 bits per heavy atom. The third-order valence-electron chi connectivity index (χ3n) is 2.03. The van der Waals surface area contributed by atoms with Gasteiger partial charge in [-0.1, -0.05) is 24.0 Å². The van der Waals surface area contributed by atoms with E-state index in [2.05, 4.69) is 15.9 Å². The number of carbonyl (C=O) groups excluding carboxylic acids is 1. The summed E-state index contributed by atoms with van der Waals surface area (Å²) in [6.07, 6.45) is 1.72. The number of carboxylic acids is 1. The highest BCUT2D eigenvalue weighted by Crippen LogP contribution is 2.34. The van der Waals surface area contributed by atoms with Crippen LogP contribution in [0.15, 0.2) is 20.8 Å². The molecule has 1 N–H and O–H groups in total. The standard InChI is InChI=1S/C10H6BrNO3S3/c11-7-2-1-5(17-7)3-6-9(15)12(4-8(13)14)10(16)18-6/h1-3H,4H2,(H,13,14)/b6-3+. The monoisotopic (exact) mass is 363 g/mol. The molecule has 18 heavy (non-hydrogen) atoms. The Balaban J connectivity index is 2.22. The third-order valence-corrected chi connectivity index (χ3v) is 4.98. The maximum absolute atomic E-state index is 11.9. The topological polar surface area (TPSA) is 57.6 Å². The second kappa shape index (κ2) is 5.52. The summed E-state index contributed by atoms with van der Waals surface area (Å²) in [6, 6.07) is 3.76. The summed E-state index contributed by atoms with van der Waals surface area (Å²) in [5.74, 6) is -1.43. The number of amides is 1. The molecule has 0 spiro atoms. The summed E-state index contributed by atoms with van der Waals surface area (Å²) in [7, 11) is 0. The lowest BCUT2D eigenvalue weighted by Crippen LogP contribution is -2.33. The minimum absolute atomic E-state index is 0.282. The van der Waals surface area contributed by atoms with E-state index in [0.29, 0.717) is 4.91 Å². The van der Waals surface area contributed by atoms with Crippen LogP contribution in [0.3, 0.4) is 0 Å². The van der Waals surface area contributed by atoms with Gasteiger partial charge in [0.15, 0.2) is 0 Å². The maximum Gasteiger partial charge on any atom is 0.323 e. The SMILES string of the molecule is O=C(O)CN1C(=O)/C(=C\c2ccc(Br)s2)SC1=S. The molecule has 0 atom stereocenters. The molecule has 0 bridgehead atoms. The minimum atomic E-state index is -1.08. The molecule has 2 rings (SSSR count).